The standard InChI is InChI=1S/C15H26N4O3S/c1-12-6-14(17(2)16-12)9-18-5-4-15(11-20)10-19(23(3,21)22)8-13(15)7-18/h6,13,20H,4-5,7-11H2,1-3H3. The quantitative estimate of drug-likeness (QED) is 0.820. The molecule has 0 radical (unpaired) electrons. The van der Waals surface area contributed by atoms with E-state index in [1.807, 2.05) is 18.7 Å². The number of aromatic nitrogens is 2. The predicted octanol–water partition coefficient (Wildman–Crippen LogP) is -0.196. The smallest absolute Gasteiger partial charge is 0.211 e. The lowest BCUT2D eigenvalue weighted by atomic mass is 9.73. The van der Waals surface area contributed by atoms with Crippen LogP contribution >= 0.6 is 0 Å². The molecule has 2 fully saturated rings. The Morgan fingerprint density at radius 1 is 1.43 bits per heavy atom. The minimum absolute atomic E-state index is 0.0579. The monoisotopic (exact) mass is 342 g/mol. The lowest BCUT2D eigenvalue weighted by molar-refractivity contribution is 0.0162. The second-order valence-corrected chi connectivity index (χ2v) is 9.14. The maximum atomic E-state index is 11.9. The maximum absolute atomic E-state index is 11.9. The molecular formula is C15H26N4O3S. The van der Waals surface area contributed by atoms with Crippen molar-refractivity contribution in [2.45, 2.75) is 19.9 Å². The molecule has 3 rings (SSSR count). The molecule has 2 unspecified atom stereocenters. The van der Waals surface area contributed by atoms with Crippen LogP contribution in [0.5, 0.6) is 0 Å². The molecule has 0 amide bonds. The van der Waals surface area contributed by atoms with Crippen LogP contribution in [0.2, 0.25) is 0 Å². The molecule has 130 valence electrons. The van der Waals surface area contributed by atoms with Crippen LogP contribution in [0.15, 0.2) is 6.07 Å². The summed E-state index contributed by atoms with van der Waals surface area (Å²) in [5.74, 6) is 0.185. The van der Waals surface area contributed by atoms with Crippen LogP contribution in [-0.2, 0) is 23.6 Å². The molecule has 2 aliphatic rings. The van der Waals surface area contributed by atoms with Gasteiger partial charge in [-0.25, -0.2) is 12.7 Å². The van der Waals surface area contributed by atoms with Crippen molar-refractivity contribution >= 4 is 10.0 Å². The highest BCUT2D eigenvalue weighted by Crippen LogP contribution is 2.43. The number of hydrogen-bond donors (Lipinski definition) is 1. The third kappa shape index (κ3) is 3.17. The molecule has 2 atom stereocenters. The van der Waals surface area contributed by atoms with Crippen molar-refractivity contribution in [3.63, 3.8) is 0 Å². The first kappa shape index (κ1) is 16.9. The van der Waals surface area contributed by atoms with Crippen LogP contribution in [0, 0.1) is 18.3 Å². The molecule has 8 heteroatoms. The average Bonchev–Trinajstić information content (AvgIpc) is 2.99. The molecule has 3 heterocycles. The van der Waals surface area contributed by atoms with Gasteiger partial charge in [0.1, 0.15) is 0 Å². The Hall–Kier alpha value is -0.960. The lowest BCUT2D eigenvalue weighted by Crippen LogP contribution is -2.48. The highest BCUT2D eigenvalue weighted by atomic mass is 32.2. The van der Waals surface area contributed by atoms with Gasteiger partial charge in [-0.2, -0.15) is 5.10 Å². The van der Waals surface area contributed by atoms with Gasteiger partial charge >= 0.3 is 0 Å². The van der Waals surface area contributed by atoms with Gasteiger partial charge in [-0.05, 0) is 31.9 Å². The van der Waals surface area contributed by atoms with Crippen molar-refractivity contribution in [1.82, 2.24) is 19.0 Å². The molecule has 1 aromatic heterocycles. The van der Waals surface area contributed by atoms with Crippen molar-refractivity contribution in [2.24, 2.45) is 18.4 Å². The molecule has 0 aliphatic carbocycles. The van der Waals surface area contributed by atoms with E-state index in [1.165, 1.54) is 10.6 Å². The van der Waals surface area contributed by atoms with Gasteiger partial charge in [0.05, 0.1) is 24.3 Å². The van der Waals surface area contributed by atoms with Gasteiger partial charge in [-0.15, -0.1) is 0 Å². The minimum Gasteiger partial charge on any atom is -0.396 e. The van der Waals surface area contributed by atoms with E-state index in [2.05, 4.69) is 16.1 Å². The molecule has 2 aliphatic heterocycles. The van der Waals surface area contributed by atoms with Gasteiger partial charge in [-0.1, -0.05) is 0 Å². The van der Waals surface area contributed by atoms with Crippen LogP contribution in [0.25, 0.3) is 0 Å². The summed E-state index contributed by atoms with van der Waals surface area (Å²) >= 11 is 0. The first-order chi connectivity index (χ1) is 10.7. The van der Waals surface area contributed by atoms with Crippen LogP contribution in [0.3, 0.4) is 0 Å². The van der Waals surface area contributed by atoms with Crippen molar-refractivity contribution < 1.29 is 13.5 Å². The van der Waals surface area contributed by atoms with Crippen molar-refractivity contribution in [3.05, 3.63) is 17.5 Å². The number of aliphatic hydroxyl groups is 1. The number of fused-ring (bicyclic) bond motifs is 1. The van der Waals surface area contributed by atoms with E-state index in [1.54, 1.807) is 0 Å². The first-order valence-corrected chi connectivity index (χ1v) is 9.86. The van der Waals surface area contributed by atoms with E-state index in [0.29, 0.717) is 13.1 Å². The van der Waals surface area contributed by atoms with E-state index < -0.39 is 10.0 Å². The fraction of sp³-hybridized carbons (Fsp3) is 0.800. The summed E-state index contributed by atoms with van der Waals surface area (Å²) in [6.07, 6.45) is 2.09. The normalized spacial score (nSPS) is 29.8. The summed E-state index contributed by atoms with van der Waals surface area (Å²) in [5.41, 5.74) is 1.90. The van der Waals surface area contributed by atoms with E-state index in [4.69, 9.17) is 0 Å². The Labute approximate surface area is 137 Å². The summed E-state index contributed by atoms with van der Waals surface area (Å²) < 4.78 is 27.2. The third-order valence-electron chi connectivity index (χ3n) is 5.45. The van der Waals surface area contributed by atoms with Crippen molar-refractivity contribution in [3.8, 4) is 0 Å². The van der Waals surface area contributed by atoms with Gasteiger partial charge in [0.25, 0.3) is 0 Å². The van der Waals surface area contributed by atoms with Crippen molar-refractivity contribution in [2.75, 3.05) is 39.0 Å². The molecule has 7 nitrogen and oxygen atoms in total. The molecule has 1 aromatic rings. The number of piperidine rings is 1. The van der Waals surface area contributed by atoms with Crippen molar-refractivity contribution in [1.29, 1.82) is 0 Å². The average molecular weight is 342 g/mol. The van der Waals surface area contributed by atoms with Gasteiger partial charge < -0.3 is 5.11 Å². The zero-order chi connectivity index (χ0) is 16.8. The molecule has 0 saturated carbocycles. The fourth-order valence-electron chi connectivity index (χ4n) is 4.00. The molecular weight excluding hydrogens is 316 g/mol. The summed E-state index contributed by atoms with van der Waals surface area (Å²) in [7, 11) is -1.25. The highest BCUT2D eigenvalue weighted by Gasteiger charge is 2.51. The SMILES string of the molecule is Cc1cc(CN2CCC3(CO)CN(S(C)(=O)=O)CC3C2)n(C)n1. The first-order valence-electron chi connectivity index (χ1n) is 8.01. The Morgan fingerprint density at radius 2 is 2.17 bits per heavy atom. The molecule has 1 N–H and O–H groups in total. The van der Waals surface area contributed by atoms with E-state index in [-0.39, 0.29) is 17.9 Å². The molecule has 0 bridgehead atoms. The molecule has 23 heavy (non-hydrogen) atoms. The number of rotatable bonds is 4. The van der Waals surface area contributed by atoms with E-state index >= 15 is 0 Å². The van der Waals surface area contributed by atoms with Crippen LogP contribution in [0.1, 0.15) is 17.8 Å². The third-order valence-corrected chi connectivity index (χ3v) is 6.67. The lowest BCUT2D eigenvalue weighted by Gasteiger charge is -2.42. The molecule has 0 spiro atoms. The Morgan fingerprint density at radius 3 is 2.74 bits per heavy atom. The number of hydrogen-bond acceptors (Lipinski definition) is 5. The number of aryl methyl sites for hydroxylation is 2. The number of sulfonamides is 1. The van der Waals surface area contributed by atoms with Crippen LogP contribution < -0.4 is 0 Å². The second kappa shape index (κ2) is 5.84. The molecule has 2 saturated heterocycles. The Balaban J connectivity index is 1.73. The van der Waals surface area contributed by atoms with Gasteiger partial charge in [0, 0.05) is 38.6 Å². The zero-order valence-electron chi connectivity index (χ0n) is 14.1. The Bertz CT molecular complexity index is 687. The Kier molecular flexibility index (Phi) is 4.29. The largest absolute Gasteiger partial charge is 0.396 e. The maximum Gasteiger partial charge on any atom is 0.211 e. The fourth-order valence-corrected chi connectivity index (χ4v) is 4.94. The van der Waals surface area contributed by atoms with Crippen LogP contribution in [0.4, 0.5) is 0 Å². The van der Waals surface area contributed by atoms with Crippen LogP contribution in [-0.4, -0.2) is 71.6 Å². The minimum atomic E-state index is -3.20. The van der Waals surface area contributed by atoms with Gasteiger partial charge in [-0.3, -0.25) is 9.58 Å². The summed E-state index contributed by atoms with van der Waals surface area (Å²) in [6, 6.07) is 2.09. The van der Waals surface area contributed by atoms with E-state index in [9.17, 15) is 13.5 Å². The van der Waals surface area contributed by atoms with Gasteiger partial charge in [0.2, 0.25) is 10.0 Å². The number of nitrogens with zero attached hydrogens (tertiary/aromatic N) is 4. The molecule has 0 aromatic carbocycles. The zero-order valence-corrected chi connectivity index (χ0v) is 14.9. The summed E-state index contributed by atoms with van der Waals surface area (Å²) in [4.78, 5) is 2.35. The second-order valence-electron chi connectivity index (χ2n) is 7.16. The van der Waals surface area contributed by atoms with E-state index in [0.717, 1.165) is 37.4 Å². The summed E-state index contributed by atoms with van der Waals surface area (Å²) in [5, 5.41) is 14.3. The topological polar surface area (TPSA) is 78.7 Å². The predicted molar refractivity (Wildman–Crippen MR) is 87.3 cm³/mol. The highest BCUT2D eigenvalue weighted by molar-refractivity contribution is 7.88. The number of likely N-dealkylation sites (tertiary alicyclic amines) is 1. The summed E-state index contributed by atoms with van der Waals surface area (Å²) in [6.45, 7) is 5.51. The number of aliphatic hydroxyl groups excluding tert-OH is 1. The van der Waals surface area contributed by atoms with Gasteiger partial charge in [0.15, 0.2) is 0 Å².